The van der Waals surface area contributed by atoms with E-state index in [9.17, 15) is 0 Å². The van der Waals surface area contributed by atoms with Crippen LogP contribution in [0.25, 0.3) is 10.9 Å². The summed E-state index contributed by atoms with van der Waals surface area (Å²) in [7, 11) is -2.36. The van der Waals surface area contributed by atoms with E-state index in [4.69, 9.17) is 16.6 Å². The number of pyridine rings is 1. The van der Waals surface area contributed by atoms with Gasteiger partial charge in [-0.2, -0.15) is 0 Å². The first kappa shape index (κ1) is 19.9. The Morgan fingerprint density at radius 3 is 1.58 bits per heavy atom. The first-order valence-corrected chi connectivity index (χ1v) is 13.1. The second-order valence-electron chi connectivity index (χ2n) is 7.82. The van der Waals surface area contributed by atoms with E-state index in [1.165, 1.54) is 15.9 Å². The van der Waals surface area contributed by atoms with E-state index in [0.29, 0.717) is 0 Å². The Balaban J connectivity index is 1.76. The summed E-state index contributed by atoms with van der Waals surface area (Å²) in [4.78, 5) is 5.05. The van der Waals surface area contributed by atoms with E-state index in [2.05, 4.69) is 103 Å². The zero-order valence-electron chi connectivity index (χ0n) is 17.1. The van der Waals surface area contributed by atoms with Crippen LogP contribution in [0.5, 0.6) is 0 Å². The number of hydrogen-bond donors (Lipinski definition) is 0. The first-order chi connectivity index (χ1) is 15.3. The van der Waals surface area contributed by atoms with Gasteiger partial charge in [-0.3, -0.25) is 0 Å². The molecule has 5 rings (SSSR count). The zero-order chi connectivity index (χ0) is 21.1. The monoisotopic (exact) mass is 439 g/mol. The van der Waals surface area contributed by atoms with Gasteiger partial charge >= 0.3 is 189 Å². The van der Waals surface area contributed by atoms with Gasteiger partial charge in [-0.15, -0.1) is 0 Å². The molecular formula is C28H23ClNP. The van der Waals surface area contributed by atoms with Gasteiger partial charge in [-0.1, -0.05) is 0 Å². The summed E-state index contributed by atoms with van der Waals surface area (Å²) in [5, 5.41) is 6.00. The van der Waals surface area contributed by atoms with Crippen LogP contribution in [0.2, 0.25) is 5.02 Å². The SMILES string of the molecule is Clc1ccc2ccc(C[PH](c3ccccc3)(c3ccccc3)c3ccccc3)nc2c1. The van der Waals surface area contributed by atoms with Gasteiger partial charge in [0.2, 0.25) is 0 Å². The van der Waals surface area contributed by atoms with E-state index in [1.54, 1.807) is 0 Å². The van der Waals surface area contributed by atoms with Crippen LogP contribution in [-0.4, -0.2) is 4.98 Å². The Labute approximate surface area is 188 Å². The average Bonchev–Trinajstić information content (AvgIpc) is 2.84. The quantitative estimate of drug-likeness (QED) is 0.301. The molecule has 0 aliphatic carbocycles. The van der Waals surface area contributed by atoms with Gasteiger partial charge in [0.1, 0.15) is 0 Å². The molecule has 0 radical (unpaired) electrons. The molecule has 0 atom stereocenters. The van der Waals surface area contributed by atoms with Crippen LogP contribution in [0.15, 0.2) is 121 Å². The number of fused-ring (bicyclic) bond motifs is 1. The number of hydrogen-bond acceptors (Lipinski definition) is 1. The van der Waals surface area contributed by atoms with Gasteiger partial charge in [0, 0.05) is 0 Å². The minimum atomic E-state index is -2.36. The van der Waals surface area contributed by atoms with Crippen LogP contribution in [0, 0.1) is 0 Å². The predicted octanol–water partition coefficient (Wildman–Crippen LogP) is 6.11. The molecule has 0 spiro atoms. The molecule has 3 heteroatoms. The Kier molecular flexibility index (Phi) is 5.55. The van der Waals surface area contributed by atoms with Crippen LogP contribution in [0.1, 0.15) is 5.69 Å². The van der Waals surface area contributed by atoms with Gasteiger partial charge in [0.15, 0.2) is 0 Å². The maximum atomic E-state index is 6.26. The molecule has 0 amide bonds. The molecule has 0 saturated heterocycles. The molecule has 0 bridgehead atoms. The van der Waals surface area contributed by atoms with Crippen molar-refractivity contribution in [3.63, 3.8) is 0 Å². The van der Waals surface area contributed by atoms with Gasteiger partial charge in [0.05, 0.1) is 0 Å². The van der Waals surface area contributed by atoms with E-state index >= 15 is 0 Å². The summed E-state index contributed by atoms with van der Waals surface area (Å²) < 4.78 is 0. The van der Waals surface area contributed by atoms with Gasteiger partial charge in [-0.25, -0.2) is 0 Å². The Bertz CT molecular complexity index is 1210. The Hall–Kier alpha value is -2.99. The normalized spacial score (nSPS) is 12.0. The van der Waals surface area contributed by atoms with Crippen molar-refractivity contribution >= 4 is 45.7 Å². The summed E-state index contributed by atoms with van der Waals surface area (Å²) in [6.45, 7) is 0. The second-order valence-corrected chi connectivity index (χ2v) is 12.2. The van der Waals surface area contributed by atoms with Crippen molar-refractivity contribution < 1.29 is 0 Å². The van der Waals surface area contributed by atoms with E-state index in [0.717, 1.165) is 27.8 Å². The molecule has 1 nitrogen and oxygen atoms in total. The molecule has 0 saturated carbocycles. The molecule has 1 heterocycles. The van der Waals surface area contributed by atoms with E-state index in [-0.39, 0.29) is 0 Å². The van der Waals surface area contributed by atoms with Crippen molar-refractivity contribution in [3.05, 3.63) is 132 Å². The fraction of sp³-hybridized carbons (Fsp3) is 0.0357. The fourth-order valence-electron chi connectivity index (χ4n) is 4.48. The molecule has 0 N–H and O–H groups in total. The van der Waals surface area contributed by atoms with Crippen molar-refractivity contribution in [2.75, 3.05) is 0 Å². The molecule has 0 aliphatic rings. The second kappa shape index (κ2) is 8.63. The first-order valence-electron chi connectivity index (χ1n) is 10.5. The molecule has 4 aromatic carbocycles. The number of halogens is 1. The van der Waals surface area contributed by atoms with Crippen LogP contribution in [0.3, 0.4) is 0 Å². The van der Waals surface area contributed by atoms with E-state index in [1.807, 2.05) is 18.2 Å². The van der Waals surface area contributed by atoms with Crippen molar-refractivity contribution in [3.8, 4) is 0 Å². The average molecular weight is 440 g/mol. The van der Waals surface area contributed by atoms with Crippen molar-refractivity contribution in [1.29, 1.82) is 0 Å². The van der Waals surface area contributed by atoms with Crippen molar-refractivity contribution in [2.45, 2.75) is 6.16 Å². The van der Waals surface area contributed by atoms with Gasteiger partial charge < -0.3 is 0 Å². The molecule has 31 heavy (non-hydrogen) atoms. The Morgan fingerprint density at radius 2 is 1.06 bits per heavy atom. The molecule has 0 aliphatic heterocycles. The van der Waals surface area contributed by atoms with Crippen LogP contribution in [-0.2, 0) is 6.16 Å². The summed E-state index contributed by atoms with van der Waals surface area (Å²) >= 11 is 6.26. The standard InChI is InChI=1S/C28H23ClNP/c29-23-18-16-22-17-19-24(30-28(22)20-23)21-31(25-10-4-1-5-11-25,26-12-6-2-7-13-26)27-14-8-3-9-15-27/h1-20,31H,21H2. The molecule has 1 aromatic heterocycles. The zero-order valence-corrected chi connectivity index (χ0v) is 18.8. The molecule has 0 unspecified atom stereocenters. The summed E-state index contributed by atoms with van der Waals surface area (Å²) in [6, 6.07) is 43.1. The molecule has 5 aromatic rings. The van der Waals surface area contributed by atoms with Crippen LogP contribution in [0.4, 0.5) is 0 Å². The molecule has 152 valence electrons. The van der Waals surface area contributed by atoms with Gasteiger partial charge in [-0.05, 0) is 0 Å². The van der Waals surface area contributed by atoms with Crippen LogP contribution >= 0.6 is 18.9 Å². The van der Waals surface area contributed by atoms with Gasteiger partial charge in [0.25, 0.3) is 0 Å². The van der Waals surface area contributed by atoms with Crippen molar-refractivity contribution in [1.82, 2.24) is 4.98 Å². The number of benzene rings is 4. The summed E-state index contributed by atoms with van der Waals surface area (Å²) in [5.74, 6) is 0. The predicted molar refractivity (Wildman–Crippen MR) is 137 cm³/mol. The molecular weight excluding hydrogens is 417 g/mol. The number of nitrogens with zero attached hydrogens (tertiary/aromatic N) is 1. The molecule has 0 fully saturated rings. The summed E-state index contributed by atoms with van der Waals surface area (Å²) in [5.41, 5.74) is 2.04. The topological polar surface area (TPSA) is 12.9 Å². The van der Waals surface area contributed by atoms with Crippen LogP contribution < -0.4 is 15.9 Å². The third-order valence-electron chi connectivity index (χ3n) is 5.96. The minimum absolute atomic E-state index is 0.717. The fourth-order valence-corrected chi connectivity index (χ4v) is 9.28. The third kappa shape index (κ3) is 3.88. The van der Waals surface area contributed by atoms with Crippen molar-refractivity contribution in [2.24, 2.45) is 0 Å². The number of aromatic nitrogens is 1. The number of rotatable bonds is 5. The Morgan fingerprint density at radius 1 is 0.581 bits per heavy atom. The van der Waals surface area contributed by atoms with E-state index < -0.39 is 7.26 Å². The third-order valence-corrected chi connectivity index (χ3v) is 11.0. The maximum absolute atomic E-state index is 6.26. The summed E-state index contributed by atoms with van der Waals surface area (Å²) in [6.07, 6.45) is 0.882.